The molecule has 0 heterocycles. The van der Waals surface area contributed by atoms with Crippen LogP contribution < -0.4 is 0 Å². The van der Waals surface area contributed by atoms with Crippen molar-refractivity contribution in [3.8, 4) is 0 Å². The van der Waals surface area contributed by atoms with Crippen LogP contribution in [0.4, 0.5) is 0 Å². The normalized spacial score (nSPS) is 11.4. The summed E-state index contributed by atoms with van der Waals surface area (Å²) >= 11 is 5.87. The molecule has 4 nitrogen and oxygen atoms in total. The SMILES string of the molecule is CCN(CC)C(=O)c1cc(Cl)cc(S(=O)(=O)Cl)c1C. The van der Waals surface area contributed by atoms with Gasteiger partial charge < -0.3 is 4.90 Å². The topological polar surface area (TPSA) is 54.5 Å². The predicted molar refractivity (Wildman–Crippen MR) is 76.5 cm³/mol. The largest absolute Gasteiger partial charge is 0.339 e. The van der Waals surface area contributed by atoms with Gasteiger partial charge in [0.15, 0.2) is 0 Å². The lowest BCUT2D eigenvalue weighted by Gasteiger charge is -2.20. The molecule has 1 amide bonds. The second-order valence-electron chi connectivity index (χ2n) is 3.99. The molecule has 1 aromatic rings. The number of amides is 1. The Morgan fingerprint density at radius 1 is 1.26 bits per heavy atom. The Labute approximate surface area is 122 Å². The Kier molecular flexibility index (Phi) is 5.24. The van der Waals surface area contributed by atoms with Gasteiger partial charge in [-0.2, -0.15) is 0 Å². The van der Waals surface area contributed by atoms with E-state index in [2.05, 4.69) is 0 Å². The molecule has 0 bridgehead atoms. The van der Waals surface area contributed by atoms with Crippen molar-refractivity contribution in [2.24, 2.45) is 0 Å². The van der Waals surface area contributed by atoms with Gasteiger partial charge in [-0.25, -0.2) is 8.42 Å². The third kappa shape index (κ3) is 3.61. The van der Waals surface area contributed by atoms with E-state index in [1.54, 1.807) is 11.8 Å². The molecular formula is C12H15Cl2NO3S. The van der Waals surface area contributed by atoms with Gasteiger partial charge in [0, 0.05) is 34.4 Å². The highest BCUT2D eigenvalue weighted by atomic mass is 35.7. The molecule has 0 spiro atoms. The highest BCUT2D eigenvalue weighted by molar-refractivity contribution is 8.13. The van der Waals surface area contributed by atoms with Crippen molar-refractivity contribution in [2.45, 2.75) is 25.7 Å². The maximum atomic E-state index is 12.3. The summed E-state index contributed by atoms with van der Waals surface area (Å²) in [5.41, 5.74) is 0.576. The van der Waals surface area contributed by atoms with E-state index in [-0.39, 0.29) is 21.4 Å². The molecular weight excluding hydrogens is 309 g/mol. The van der Waals surface area contributed by atoms with Crippen molar-refractivity contribution >= 4 is 37.2 Å². The van der Waals surface area contributed by atoms with Crippen LogP contribution in [0.5, 0.6) is 0 Å². The molecule has 7 heteroatoms. The van der Waals surface area contributed by atoms with E-state index in [1.807, 2.05) is 13.8 Å². The summed E-state index contributed by atoms with van der Waals surface area (Å²) in [5, 5.41) is 0.167. The van der Waals surface area contributed by atoms with Crippen LogP contribution in [0.25, 0.3) is 0 Å². The van der Waals surface area contributed by atoms with E-state index in [0.29, 0.717) is 18.7 Å². The lowest BCUT2D eigenvalue weighted by atomic mass is 10.1. The minimum Gasteiger partial charge on any atom is -0.339 e. The van der Waals surface area contributed by atoms with E-state index in [9.17, 15) is 13.2 Å². The first kappa shape index (κ1) is 16.3. The van der Waals surface area contributed by atoms with Crippen LogP contribution in [-0.4, -0.2) is 32.3 Å². The molecule has 0 aliphatic rings. The molecule has 19 heavy (non-hydrogen) atoms. The average molecular weight is 324 g/mol. The molecule has 0 unspecified atom stereocenters. The number of hydrogen-bond donors (Lipinski definition) is 0. The lowest BCUT2D eigenvalue weighted by Crippen LogP contribution is -2.31. The predicted octanol–water partition coefficient (Wildman–Crippen LogP) is 3.06. The summed E-state index contributed by atoms with van der Waals surface area (Å²) in [5.74, 6) is -0.258. The van der Waals surface area contributed by atoms with Crippen molar-refractivity contribution in [3.63, 3.8) is 0 Å². The van der Waals surface area contributed by atoms with Crippen LogP contribution in [-0.2, 0) is 9.05 Å². The van der Waals surface area contributed by atoms with Gasteiger partial charge in [-0.05, 0) is 38.5 Å². The van der Waals surface area contributed by atoms with Crippen molar-refractivity contribution in [1.29, 1.82) is 0 Å². The van der Waals surface area contributed by atoms with Crippen LogP contribution in [0.2, 0.25) is 5.02 Å². The Balaban J connectivity index is 3.46. The van der Waals surface area contributed by atoms with E-state index >= 15 is 0 Å². The number of carbonyl (C=O) groups is 1. The molecule has 0 N–H and O–H groups in total. The Hall–Kier alpha value is -0.780. The third-order valence-electron chi connectivity index (χ3n) is 2.87. The summed E-state index contributed by atoms with van der Waals surface area (Å²) in [4.78, 5) is 13.7. The first-order valence-corrected chi connectivity index (χ1v) is 8.45. The van der Waals surface area contributed by atoms with Crippen LogP contribution in [0, 0.1) is 6.92 Å². The van der Waals surface area contributed by atoms with Crippen LogP contribution in [0.3, 0.4) is 0 Å². The minimum atomic E-state index is -3.93. The van der Waals surface area contributed by atoms with E-state index in [1.165, 1.54) is 12.1 Å². The Bertz CT molecular complexity index is 595. The minimum absolute atomic E-state index is 0.128. The van der Waals surface area contributed by atoms with Gasteiger partial charge in [0.25, 0.3) is 15.0 Å². The van der Waals surface area contributed by atoms with Gasteiger partial charge >= 0.3 is 0 Å². The average Bonchev–Trinajstić information content (AvgIpc) is 2.31. The summed E-state index contributed by atoms with van der Waals surface area (Å²) < 4.78 is 22.9. The summed E-state index contributed by atoms with van der Waals surface area (Å²) in [6.45, 7) is 6.30. The molecule has 0 radical (unpaired) electrons. The van der Waals surface area contributed by atoms with Crippen LogP contribution >= 0.6 is 22.3 Å². The maximum absolute atomic E-state index is 12.3. The molecule has 1 aromatic carbocycles. The first-order valence-electron chi connectivity index (χ1n) is 5.76. The van der Waals surface area contributed by atoms with Crippen LogP contribution in [0.15, 0.2) is 17.0 Å². The zero-order chi connectivity index (χ0) is 14.8. The summed E-state index contributed by atoms with van der Waals surface area (Å²) in [6.07, 6.45) is 0. The van der Waals surface area contributed by atoms with Crippen molar-refractivity contribution in [3.05, 3.63) is 28.3 Å². The fourth-order valence-corrected chi connectivity index (χ4v) is 3.32. The molecule has 1 rings (SSSR count). The number of halogens is 2. The molecule has 0 aliphatic carbocycles. The van der Waals surface area contributed by atoms with Gasteiger partial charge in [0.05, 0.1) is 4.90 Å². The van der Waals surface area contributed by atoms with Crippen molar-refractivity contribution in [2.75, 3.05) is 13.1 Å². The van der Waals surface area contributed by atoms with Crippen molar-refractivity contribution in [1.82, 2.24) is 4.90 Å². The quantitative estimate of drug-likeness (QED) is 0.800. The number of nitrogens with zero attached hydrogens (tertiary/aromatic N) is 1. The zero-order valence-electron chi connectivity index (χ0n) is 10.9. The zero-order valence-corrected chi connectivity index (χ0v) is 13.2. The van der Waals surface area contributed by atoms with Gasteiger partial charge in [-0.15, -0.1) is 0 Å². The van der Waals surface area contributed by atoms with E-state index in [4.69, 9.17) is 22.3 Å². The molecule has 0 saturated carbocycles. The van der Waals surface area contributed by atoms with Crippen LogP contribution in [0.1, 0.15) is 29.8 Å². The monoisotopic (exact) mass is 323 g/mol. The lowest BCUT2D eigenvalue weighted by molar-refractivity contribution is 0.0772. The van der Waals surface area contributed by atoms with Gasteiger partial charge in [0.1, 0.15) is 0 Å². The number of rotatable bonds is 4. The molecule has 0 aliphatic heterocycles. The van der Waals surface area contributed by atoms with Crippen molar-refractivity contribution < 1.29 is 13.2 Å². The highest BCUT2D eigenvalue weighted by Gasteiger charge is 2.22. The standard InChI is InChI=1S/C12H15Cl2NO3S/c1-4-15(5-2)12(16)10-6-9(13)7-11(8(10)3)19(14,17)18/h6-7H,4-5H2,1-3H3. The summed E-state index contributed by atoms with van der Waals surface area (Å²) in [7, 11) is 1.41. The molecule has 106 valence electrons. The smallest absolute Gasteiger partial charge is 0.261 e. The van der Waals surface area contributed by atoms with E-state index < -0.39 is 9.05 Å². The van der Waals surface area contributed by atoms with E-state index in [0.717, 1.165) is 0 Å². The number of benzene rings is 1. The van der Waals surface area contributed by atoms with Gasteiger partial charge in [-0.1, -0.05) is 11.6 Å². The first-order chi connectivity index (χ1) is 8.72. The van der Waals surface area contributed by atoms with Gasteiger partial charge in [-0.3, -0.25) is 4.79 Å². The maximum Gasteiger partial charge on any atom is 0.261 e. The fraction of sp³-hybridized carbons (Fsp3) is 0.417. The number of hydrogen-bond acceptors (Lipinski definition) is 3. The number of carbonyl (C=O) groups excluding carboxylic acids is 1. The Morgan fingerprint density at radius 2 is 1.79 bits per heavy atom. The Morgan fingerprint density at radius 3 is 2.21 bits per heavy atom. The molecule has 0 aromatic heterocycles. The molecule has 0 fully saturated rings. The third-order valence-corrected chi connectivity index (χ3v) is 4.53. The summed E-state index contributed by atoms with van der Waals surface area (Å²) in [6, 6.07) is 2.71. The second-order valence-corrected chi connectivity index (χ2v) is 6.96. The highest BCUT2D eigenvalue weighted by Crippen LogP contribution is 2.27. The molecule has 0 atom stereocenters. The fourth-order valence-electron chi connectivity index (χ4n) is 1.81. The molecule has 0 saturated heterocycles. The van der Waals surface area contributed by atoms with Gasteiger partial charge in [0.2, 0.25) is 0 Å². The second kappa shape index (κ2) is 6.11.